The van der Waals surface area contributed by atoms with Crippen molar-refractivity contribution in [1.29, 1.82) is 0 Å². The van der Waals surface area contributed by atoms with Gasteiger partial charge in [-0.2, -0.15) is 0 Å². The topological polar surface area (TPSA) is 84.2 Å². The zero-order valence-corrected chi connectivity index (χ0v) is 9.84. The number of anilines is 1. The van der Waals surface area contributed by atoms with Crippen molar-refractivity contribution in [2.45, 2.75) is 11.8 Å². The second kappa shape index (κ2) is 4.89. The van der Waals surface area contributed by atoms with Gasteiger partial charge in [-0.1, -0.05) is 0 Å². The third-order valence-electron chi connectivity index (χ3n) is 1.86. The molecule has 0 bridgehead atoms. The molecule has 0 saturated heterocycles. The highest BCUT2D eigenvalue weighted by Crippen LogP contribution is 2.10. The molecular weight excluding hydrogens is 226 g/mol. The van der Waals surface area contributed by atoms with Gasteiger partial charge in [0.05, 0.1) is 9.71 Å². The number of carbonyl (C=O) groups is 1. The summed E-state index contributed by atoms with van der Waals surface area (Å²) in [4.78, 5) is 11.7. The van der Waals surface area contributed by atoms with Gasteiger partial charge in [-0.05, 0) is 37.1 Å². The lowest BCUT2D eigenvalue weighted by Gasteiger charge is -2.11. The Hall–Kier alpha value is -1.69. The summed E-state index contributed by atoms with van der Waals surface area (Å²) >= 11 is 0. The first-order valence-electron chi connectivity index (χ1n) is 4.74. The third kappa shape index (κ3) is 3.16. The molecule has 1 rings (SSSR count). The summed E-state index contributed by atoms with van der Waals surface area (Å²) in [6, 6.07) is 5.88. The maximum absolute atomic E-state index is 12.1. The Morgan fingerprint density at radius 2 is 2.00 bits per heavy atom. The van der Waals surface area contributed by atoms with E-state index in [1.54, 1.807) is 31.2 Å². The van der Waals surface area contributed by atoms with Crippen LogP contribution in [0.1, 0.15) is 6.92 Å². The SMILES string of the molecule is C=S(=O)(NC(=O)NCC)c1ccc(N)cc1. The average molecular weight is 241 g/mol. The first kappa shape index (κ1) is 12.4. The lowest BCUT2D eigenvalue weighted by molar-refractivity contribution is 0.246. The van der Waals surface area contributed by atoms with E-state index in [-0.39, 0.29) is 0 Å². The molecule has 16 heavy (non-hydrogen) atoms. The molecule has 0 aliphatic rings. The Balaban J connectivity index is 2.86. The van der Waals surface area contributed by atoms with Gasteiger partial charge >= 0.3 is 6.03 Å². The molecule has 6 heteroatoms. The predicted molar refractivity (Wildman–Crippen MR) is 66.6 cm³/mol. The number of hydrogen-bond acceptors (Lipinski definition) is 3. The van der Waals surface area contributed by atoms with Crippen LogP contribution in [0.3, 0.4) is 0 Å². The molecule has 2 amide bonds. The monoisotopic (exact) mass is 241 g/mol. The number of nitrogens with two attached hydrogens (primary N) is 1. The molecule has 0 radical (unpaired) electrons. The van der Waals surface area contributed by atoms with E-state index in [4.69, 9.17) is 5.73 Å². The Labute approximate surface area is 95.2 Å². The maximum Gasteiger partial charge on any atom is 0.326 e. The third-order valence-corrected chi connectivity index (χ3v) is 3.40. The molecule has 0 aliphatic heterocycles. The van der Waals surface area contributed by atoms with Gasteiger partial charge in [0, 0.05) is 17.1 Å². The summed E-state index contributed by atoms with van der Waals surface area (Å²) in [5.41, 5.74) is 6.07. The molecule has 0 aromatic heterocycles. The van der Waals surface area contributed by atoms with Crippen molar-refractivity contribution in [2.75, 3.05) is 12.3 Å². The summed E-state index contributed by atoms with van der Waals surface area (Å²) in [6.45, 7) is 2.23. The number of amides is 2. The molecule has 0 spiro atoms. The predicted octanol–water partition coefficient (Wildman–Crippen LogP) is 0.578. The smallest absolute Gasteiger partial charge is 0.326 e. The zero-order valence-electron chi connectivity index (χ0n) is 9.03. The van der Waals surface area contributed by atoms with Gasteiger partial charge in [-0.25, -0.2) is 9.00 Å². The molecule has 5 nitrogen and oxygen atoms in total. The van der Waals surface area contributed by atoms with Crippen molar-refractivity contribution in [2.24, 2.45) is 0 Å². The van der Waals surface area contributed by atoms with Gasteiger partial charge in [0.1, 0.15) is 0 Å². The van der Waals surface area contributed by atoms with Crippen LogP contribution >= 0.6 is 0 Å². The van der Waals surface area contributed by atoms with E-state index >= 15 is 0 Å². The maximum atomic E-state index is 12.1. The summed E-state index contributed by atoms with van der Waals surface area (Å²) < 4.78 is 14.4. The van der Waals surface area contributed by atoms with Crippen LogP contribution < -0.4 is 15.8 Å². The summed E-state index contributed by atoms with van der Waals surface area (Å²) in [5.74, 6) is 3.51. The minimum atomic E-state index is -2.82. The van der Waals surface area contributed by atoms with Crippen LogP contribution in [0.25, 0.3) is 0 Å². The highest BCUT2D eigenvalue weighted by Gasteiger charge is 2.10. The molecule has 0 heterocycles. The van der Waals surface area contributed by atoms with E-state index in [2.05, 4.69) is 15.9 Å². The molecule has 0 fully saturated rings. The minimum absolute atomic E-state index is 0.438. The first-order chi connectivity index (χ1) is 7.45. The highest BCUT2D eigenvalue weighted by atomic mass is 32.2. The van der Waals surface area contributed by atoms with E-state index in [1.165, 1.54) is 0 Å². The Morgan fingerprint density at radius 1 is 1.44 bits per heavy atom. The molecule has 0 saturated carbocycles. The first-order valence-corrected chi connectivity index (χ1v) is 6.47. The number of nitrogens with one attached hydrogen (secondary N) is 2. The second-order valence-corrected chi connectivity index (χ2v) is 5.23. The zero-order chi connectivity index (χ0) is 12.2. The Morgan fingerprint density at radius 3 is 2.50 bits per heavy atom. The van der Waals surface area contributed by atoms with Gasteiger partial charge in [-0.15, -0.1) is 0 Å². The number of hydrogen-bond donors (Lipinski definition) is 3. The number of nitrogen functional groups attached to an aromatic ring is 1. The van der Waals surface area contributed by atoms with Crippen molar-refractivity contribution in [3.63, 3.8) is 0 Å². The van der Waals surface area contributed by atoms with Gasteiger partial charge in [0.2, 0.25) is 0 Å². The summed E-state index contributed by atoms with van der Waals surface area (Å²) in [7, 11) is -2.82. The average Bonchev–Trinajstić information content (AvgIpc) is 2.17. The molecule has 1 atom stereocenters. The van der Waals surface area contributed by atoms with Crippen LogP contribution in [-0.2, 0) is 9.71 Å². The van der Waals surface area contributed by atoms with Crippen molar-refractivity contribution >= 4 is 27.3 Å². The van der Waals surface area contributed by atoms with E-state index in [9.17, 15) is 9.00 Å². The molecule has 1 aromatic rings. The van der Waals surface area contributed by atoms with Crippen molar-refractivity contribution in [3.05, 3.63) is 24.3 Å². The number of benzene rings is 1. The molecule has 4 N–H and O–H groups in total. The highest BCUT2D eigenvalue weighted by molar-refractivity contribution is 7.99. The van der Waals surface area contributed by atoms with Crippen LogP contribution in [0.15, 0.2) is 29.2 Å². The second-order valence-electron chi connectivity index (χ2n) is 3.21. The van der Waals surface area contributed by atoms with Gasteiger partial charge in [-0.3, -0.25) is 4.72 Å². The van der Waals surface area contributed by atoms with Gasteiger partial charge in [0.15, 0.2) is 0 Å². The number of urea groups is 1. The number of carbonyl (C=O) groups excluding carboxylic acids is 1. The van der Waals surface area contributed by atoms with Crippen LogP contribution in [0.5, 0.6) is 0 Å². The van der Waals surface area contributed by atoms with E-state index in [0.29, 0.717) is 17.1 Å². The van der Waals surface area contributed by atoms with E-state index in [0.717, 1.165) is 0 Å². The fourth-order valence-corrected chi connectivity index (χ4v) is 2.16. The van der Waals surface area contributed by atoms with Crippen LogP contribution in [0.2, 0.25) is 0 Å². The standard InChI is InChI=1S/C10H15N3O2S/c1-3-12-10(14)13-16(2,15)9-6-4-8(11)5-7-9/h4-7H,2-3,11H2,1H3,(H2,12,13,14,15). The lowest BCUT2D eigenvalue weighted by Crippen LogP contribution is -2.39. The van der Waals surface area contributed by atoms with Crippen LogP contribution in [0, 0.1) is 0 Å². The summed E-state index contributed by atoms with van der Waals surface area (Å²) in [5, 5.41) is 2.49. The van der Waals surface area contributed by atoms with Crippen molar-refractivity contribution in [1.82, 2.24) is 10.0 Å². The Bertz CT molecular complexity index is 465. The van der Waals surface area contributed by atoms with Gasteiger partial charge < -0.3 is 11.1 Å². The fourth-order valence-electron chi connectivity index (χ4n) is 1.09. The number of rotatable bonds is 3. The minimum Gasteiger partial charge on any atom is -0.399 e. The molecule has 88 valence electrons. The van der Waals surface area contributed by atoms with Crippen molar-refractivity contribution < 1.29 is 9.00 Å². The fraction of sp³-hybridized carbons (Fsp3) is 0.200. The Kier molecular flexibility index (Phi) is 3.78. The van der Waals surface area contributed by atoms with E-state index in [1.807, 2.05) is 0 Å². The quantitative estimate of drug-likeness (QED) is 0.534. The molecule has 1 aromatic carbocycles. The normalized spacial score (nSPS) is 13.8. The molecular formula is C10H15N3O2S. The van der Waals surface area contributed by atoms with Crippen LogP contribution in [-0.4, -0.2) is 22.7 Å². The lowest BCUT2D eigenvalue weighted by atomic mass is 10.3. The summed E-state index contributed by atoms with van der Waals surface area (Å²) in [6.07, 6.45) is 0. The van der Waals surface area contributed by atoms with E-state index < -0.39 is 15.7 Å². The largest absolute Gasteiger partial charge is 0.399 e. The van der Waals surface area contributed by atoms with Gasteiger partial charge in [0.25, 0.3) is 0 Å². The molecule has 0 aliphatic carbocycles. The molecule has 1 unspecified atom stereocenters. The van der Waals surface area contributed by atoms with Crippen LogP contribution in [0.4, 0.5) is 10.5 Å². The van der Waals surface area contributed by atoms with Crippen molar-refractivity contribution in [3.8, 4) is 0 Å².